The van der Waals surface area contributed by atoms with Gasteiger partial charge in [-0.25, -0.2) is 0 Å². The SMILES string of the molecule is Cc1ccc2ncc(Cl)c(CCN3CCC(N)CC3)c2n1. The standard InChI is InChI=1S/C16H21ClN4/c1-11-2-3-15-16(20-11)13(14(17)10-19-15)6-9-21-7-4-12(18)5-8-21/h2-3,10,12H,4-9,18H2,1H3. The Balaban J connectivity index is 1.79. The Kier molecular flexibility index (Phi) is 4.38. The molecule has 0 aromatic carbocycles. The Bertz CT molecular complexity index is 630. The Hall–Kier alpha value is -1.23. The molecule has 4 nitrogen and oxygen atoms in total. The van der Waals surface area contributed by atoms with Gasteiger partial charge in [-0.3, -0.25) is 9.97 Å². The molecule has 1 fully saturated rings. The predicted molar refractivity (Wildman–Crippen MR) is 86.6 cm³/mol. The molecule has 112 valence electrons. The molecule has 21 heavy (non-hydrogen) atoms. The number of pyridine rings is 2. The molecule has 0 radical (unpaired) electrons. The number of nitrogens with zero attached hydrogens (tertiary/aromatic N) is 3. The van der Waals surface area contributed by atoms with E-state index in [0.29, 0.717) is 11.1 Å². The van der Waals surface area contributed by atoms with E-state index < -0.39 is 0 Å². The molecule has 2 N–H and O–H groups in total. The lowest BCUT2D eigenvalue weighted by Gasteiger charge is -2.30. The summed E-state index contributed by atoms with van der Waals surface area (Å²) in [4.78, 5) is 11.4. The van der Waals surface area contributed by atoms with Crippen molar-refractivity contribution in [2.75, 3.05) is 19.6 Å². The van der Waals surface area contributed by atoms with Gasteiger partial charge in [-0.2, -0.15) is 0 Å². The first-order chi connectivity index (χ1) is 10.1. The molecule has 5 heteroatoms. The van der Waals surface area contributed by atoms with Crippen molar-refractivity contribution in [2.24, 2.45) is 5.73 Å². The van der Waals surface area contributed by atoms with Crippen molar-refractivity contribution < 1.29 is 0 Å². The topological polar surface area (TPSA) is 55.0 Å². The van der Waals surface area contributed by atoms with Gasteiger partial charge >= 0.3 is 0 Å². The minimum absolute atomic E-state index is 0.371. The van der Waals surface area contributed by atoms with E-state index in [-0.39, 0.29) is 0 Å². The van der Waals surface area contributed by atoms with Crippen molar-refractivity contribution in [3.05, 3.63) is 34.6 Å². The number of likely N-dealkylation sites (tertiary alicyclic amines) is 1. The van der Waals surface area contributed by atoms with Gasteiger partial charge in [0.25, 0.3) is 0 Å². The minimum atomic E-state index is 0.371. The summed E-state index contributed by atoms with van der Waals surface area (Å²) in [5.41, 5.74) is 9.92. The van der Waals surface area contributed by atoms with Crippen LogP contribution in [0.1, 0.15) is 24.1 Å². The highest BCUT2D eigenvalue weighted by atomic mass is 35.5. The minimum Gasteiger partial charge on any atom is -0.328 e. The van der Waals surface area contributed by atoms with E-state index in [1.807, 2.05) is 19.1 Å². The predicted octanol–water partition coefficient (Wildman–Crippen LogP) is 2.56. The molecule has 0 unspecified atom stereocenters. The van der Waals surface area contributed by atoms with Crippen LogP contribution in [0.4, 0.5) is 0 Å². The van der Waals surface area contributed by atoms with Gasteiger partial charge < -0.3 is 10.6 Å². The van der Waals surface area contributed by atoms with Crippen LogP contribution in [0.3, 0.4) is 0 Å². The molecule has 1 saturated heterocycles. The maximum Gasteiger partial charge on any atom is 0.0937 e. The molecule has 1 aliphatic rings. The lowest BCUT2D eigenvalue weighted by Crippen LogP contribution is -2.40. The summed E-state index contributed by atoms with van der Waals surface area (Å²) in [6.45, 7) is 5.15. The Morgan fingerprint density at radius 3 is 2.86 bits per heavy atom. The maximum atomic E-state index is 6.36. The van der Waals surface area contributed by atoms with E-state index in [4.69, 9.17) is 17.3 Å². The summed E-state index contributed by atoms with van der Waals surface area (Å²) in [7, 11) is 0. The molecule has 3 rings (SSSR count). The van der Waals surface area contributed by atoms with E-state index in [0.717, 1.165) is 61.2 Å². The Labute approximate surface area is 130 Å². The van der Waals surface area contributed by atoms with Crippen LogP contribution in [0, 0.1) is 6.92 Å². The summed E-state index contributed by atoms with van der Waals surface area (Å²) in [6.07, 6.45) is 4.82. The lowest BCUT2D eigenvalue weighted by atomic mass is 10.0. The Morgan fingerprint density at radius 2 is 2.10 bits per heavy atom. The number of fused-ring (bicyclic) bond motifs is 1. The number of aromatic nitrogens is 2. The van der Waals surface area contributed by atoms with E-state index in [1.165, 1.54) is 0 Å². The molecular formula is C16H21ClN4. The number of hydrogen-bond acceptors (Lipinski definition) is 4. The molecule has 1 aliphatic heterocycles. The molecule has 0 aliphatic carbocycles. The summed E-state index contributed by atoms with van der Waals surface area (Å²) in [5.74, 6) is 0. The maximum absolute atomic E-state index is 6.36. The summed E-state index contributed by atoms with van der Waals surface area (Å²) >= 11 is 6.36. The van der Waals surface area contributed by atoms with Crippen LogP contribution < -0.4 is 5.73 Å². The monoisotopic (exact) mass is 304 g/mol. The molecule has 0 amide bonds. The third kappa shape index (κ3) is 3.34. The lowest BCUT2D eigenvalue weighted by molar-refractivity contribution is 0.216. The molecular weight excluding hydrogens is 284 g/mol. The first-order valence-corrected chi connectivity index (χ1v) is 7.90. The number of rotatable bonds is 3. The van der Waals surface area contributed by atoms with Crippen molar-refractivity contribution in [1.82, 2.24) is 14.9 Å². The molecule has 0 bridgehead atoms. The number of aryl methyl sites for hydroxylation is 1. The largest absolute Gasteiger partial charge is 0.328 e. The fraction of sp³-hybridized carbons (Fsp3) is 0.500. The van der Waals surface area contributed by atoms with Crippen LogP contribution in [0.15, 0.2) is 18.3 Å². The van der Waals surface area contributed by atoms with Crippen LogP contribution in [-0.4, -0.2) is 40.5 Å². The van der Waals surface area contributed by atoms with Gasteiger partial charge in [-0.1, -0.05) is 11.6 Å². The van der Waals surface area contributed by atoms with E-state index in [1.54, 1.807) is 6.20 Å². The van der Waals surface area contributed by atoms with Gasteiger partial charge in [-0.05, 0) is 51.4 Å². The third-order valence-electron chi connectivity index (χ3n) is 4.21. The fourth-order valence-electron chi connectivity index (χ4n) is 2.88. The van der Waals surface area contributed by atoms with Crippen LogP contribution in [0.25, 0.3) is 11.0 Å². The van der Waals surface area contributed by atoms with Gasteiger partial charge in [0, 0.05) is 30.0 Å². The number of halogens is 1. The normalized spacial score (nSPS) is 17.5. The fourth-order valence-corrected chi connectivity index (χ4v) is 3.11. The zero-order valence-corrected chi connectivity index (χ0v) is 13.1. The average Bonchev–Trinajstić information content (AvgIpc) is 2.48. The van der Waals surface area contributed by atoms with Crippen LogP contribution in [-0.2, 0) is 6.42 Å². The number of hydrogen-bond donors (Lipinski definition) is 1. The molecule has 0 atom stereocenters. The van der Waals surface area contributed by atoms with Crippen molar-refractivity contribution >= 4 is 22.6 Å². The quantitative estimate of drug-likeness (QED) is 0.947. The first-order valence-electron chi connectivity index (χ1n) is 7.52. The van der Waals surface area contributed by atoms with E-state index in [9.17, 15) is 0 Å². The number of nitrogens with two attached hydrogens (primary N) is 1. The van der Waals surface area contributed by atoms with Gasteiger partial charge in [0.2, 0.25) is 0 Å². The molecule has 0 saturated carbocycles. The van der Waals surface area contributed by atoms with Gasteiger partial charge in [-0.15, -0.1) is 0 Å². The molecule has 2 aromatic heterocycles. The van der Waals surface area contributed by atoms with Crippen LogP contribution in [0.5, 0.6) is 0 Å². The summed E-state index contributed by atoms with van der Waals surface area (Å²) in [6, 6.07) is 4.37. The first kappa shape index (κ1) is 14.7. The second kappa shape index (κ2) is 6.26. The zero-order valence-electron chi connectivity index (χ0n) is 12.3. The van der Waals surface area contributed by atoms with Gasteiger partial charge in [0.1, 0.15) is 0 Å². The molecule has 2 aromatic rings. The highest BCUT2D eigenvalue weighted by Gasteiger charge is 2.17. The smallest absolute Gasteiger partial charge is 0.0937 e. The van der Waals surface area contributed by atoms with E-state index >= 15 is 0 Å². The van der Waals surface area contributed by atoms with E-state index in [2.05, 4.69) is 14.9 Å². The van der Waals surface area contributed by atoms with Crippen molar-refractivity contribution in [3.8, 4) is 0 Å². The summed E-state index contributed by atoms with van der Waals surface area (Å²) in [5, 5.41) is 0.717. The number of piperidine rings is 1. The van der Waals surface area contributed by atoms with Crippen LogP contribution >= 0.6 is 11.6 Å². The zero-order chi connectivity index (χ0) is 14.8. The van der Waals surface area contributed by atoms with Crippen molar-refractivity contribution in [3.63, 3.8) is 0 Å². The second-order valence-corrected chi connectivity index (χ2v) is 6.24. The van der Waals surface area contributed by atoms with Gasteiger partial charge in [0.15, 0.2) is 0 Å². The highest BCUT2D eigenvalue weighted by Crippen LogP contribution is 2.24. The third-order valence-corrected chi connectivity index (χ3v) is 4.54. The summed E-state index contributed by atoms with van der Waals surface area (Å²) < 4.78 is 0. The molecule has 3 heterocycles. The van der Waals surface area contributed by atoms with Gasteiger partial charge in [0.05, 0.1) is 16.1 Å². The van der Waals surface area contributed by atoms with Crippen molar-refractivity contribution in [2.45, 2.75) is 32.2 Å². The van der Waals surface area contributed by atoms with Crippen LogP contribution in [0.2, 0.25) is 5.02 Å². The highest BCUT2D eigenvalue weighted by molar-refractivity contribution is 6.32. The van der Waals surface area contributed by atoms with Crippen molar-refractivity contribution in [1.29, 1.82) is 0 Å². The Morgan fingerprint density at radius 1 is 1.33 bits per heavy atom. The second-order valence-electron chi connectivity index (χ2n) is 5.83. The average molecular weight is 305 g/mol. The molecule has 0 spiro atoms.